The minimum atomic E-state index is 0. The van der Waals surface area contributed by atoms with Crippen LogP contribution in [-0.2, 0) is 26.2 Å². The van der Waals surface area contributed by atoms with Gasteiger partial charge >= 0.3 is 26.2 Å². The van der Waals surface area contributed by atoms with Crippen molar-refractivity contribution >= 4 is 48.0 Å². The van der Waals surface area contributed by atoms with E-state index in [9.17, 15) is 0 Å². The number of aryl methyl sites for hydroxylation is 4. The number of fused-ring (bicyclic) bond motifs is 2. The Bertz CT molecular complexity index is 1070. The topological polar surface area (TPSA) is 0 Å². The maximum atomic E-state index is 2.47. The third-order valence-electron chi connectivity index (χ3n) is 7.32. The van der Waals surface area contributed by atoms with Gasteiger partial charge in [-0.25, -0.2) is 0 Å². The van der Waals surface area contributed by atoms with E-state index in [2.05, 4.69) is 104 Å². The van der Waals surface area contributed by atoms with Gasteiger partial charge in [0.15, 0.2) is 0 Å². The summed E-state index contributed by atoms with van der Waals surface area (Å²) in [6.45, 7) is 18.2. The summed E-state index contributed by atoms with van der Waals surface area (Å²) >= 11 is 0. The molecule has 212 valence electrons. The summed E-state index contributed by atoms with van der Waals surface area (Å²) in [7, 11) is 0.145. The first-order chi connectivity index (χ1) is 17.3. The first kappa shape index (κ1) is 39.0. The number of halogens is 2. The molecule has 0 heterocycles. The van der Waals surface area contributed by atoms with Crippen molar-refractivity contribution in [2.45, 2.75) is 81.1 Å². The molecule has 0 nitrogen and oxygen atoms in total. The van der Waals surface area contributed by atoms with Crippen molar-refractivity contribution in [3.8, 4) is 0 Å². The third kappa shape index (κ3) is 10.0. The van der Waals surface area contributed by atoms with Crippen LogP contribution in [0.25, 0.3) is 21.5 Å². The molecule has 0 amide bonds. The van der Waals surface area contributed by atoms with Crippen LogP contribution in [0.5, 0.6) is 0 Å². The molecule has 0 aliphatic rings. The van der Waals surface area contributed by atoms with Crippen molar-refractivity contribution in [2.24, 2.45) is 0 Å². The van der Waals surface area contributed by atoms with E-state index in [0.717, 1.165) is 0 Å². The predicted octanol–water partition coefficient (Wildman–Crippen LogP) is 4.21. The molecule has 0 atom stereocenters. The summed E-state index contributed by atoms with van der Waals surface area (Å²) in [5.74, 6) is 0. The molecule has 0 unspecified atom stereocenters. The van der Waals surface area contributed by atoms with E-state index in [1.807, 2.05) is 0 Å². The molecule has 4 aromatic carbocycles. The van der Waals surface area contributed by atoms with Gasteiger partial charge in [0, 0.05) is 0 Å². The summed E-state index contributed by atoms with van der Waals surface area (Å²) in [5, 5.41) is 9.16. The average Bonchev–Trinajstić information content (AvgIpc) is 3.51. The summed E-state index contributed by atoms with van der Waals surface area (Å²) in [6.07, 6.45) is 10.8. The maximum Gasteiger partial charge on any atom is 4.00 e. The van der Waals surface area contributed by atoms with Gasteiger partial charge in [0.25, 0.3) is 0 Å². The molecule has 0 N–H and O–H groups in total. The Balaban J connectivity index is 0.000000688. The molecule has 0 spiro atoms. The van der Waals surface area contributed by atoms with Crippen LogP contribution in [-0.4, -0.2) is 24.6 Å². The summed E-state index contributed by atoms with van der Waals surface area (Å²) in [6, 6.07) is 18.9. The molecule has 4 aromatic rings. The molecular weight excluding hydrogens is 632 g/mol. The van der Waals surface area contributed by atoms with Crippen LogP contribution in [0, 0.1) is 27.7 Å². The molecule has 4 rings (SSSR count). The molecule has 0 radical (unpaired) electrons. The first-order valence-corrected chi connectivity index (χ1v) is 17.6. The molecule has 0 fully saturated rings. The minimum absolute atomic E-state index is 0. The van der Waals surface area contributed by atoms with E-state index in [-0.39, 0.29) is 66.9 Å². The fraction of sp³-hybridized carbons (Fsp3) is 0.471. The normalized spacial score (nSPS) is 10.7. The summed E-state index contributed by atoms with van der Waals surface area (Å²) < 4.78 is 0. The molecule has 0 aliphatic carbocycles. The quantitative estimate of drug-likeness (QED) is 0.174. The van der Waals surface area contributed by atoms with Gasteiger partial charge in [0.1, 0.15) is 0 Å². The van der Waals surface area contributed by atoms with E-state index in [4.69, 9.17) is 0 Å². The third-order valence-corrected chi connectivity index (χ3v) is 13.2. The smallest absolute Gasteiger partial charge is 1.00 e. The maximum absolute atomic E-state index is 2.47. The molecule has 0 bridgehead atoms. The van der Waals surface area contributed by atoms with E-state index >= 15 is 0 Å². The Hall–Kier alpha value is -0.0169. The molecule has 39 heavy (non-hydrogen) atoms. The zero-order valence-corrected chi connectivity index (χ0v) is 31.2. The monoisotopic (exact) mass is 678 g/mol. The van der Waals surface area contributed by atoms with Crippen LogP contribution in [0.4, 0.5) is 0 Å². The van der Waals surface area contributed by atoms with Gasteiger partial charge in [-0.2, -0.15) is 12.1 Å². The largest absolute Gasteiger partial charge is 4.00 e. The zero-order chi connectivity index (χ0) is 26.2. The van der Waals surface area contributed by atoms with Gasteiger partial charge in [-0.05, 0) is 38.5 Å². The van der Waals surface area contributed by atoms with E-state index < -0.39 is 0 Å². The Labute approximate surface area is 273 Å². The van der Waals surface area contributed by atoms with Gasteiger partial charge in [-0.3, -0.25) is 0 Å². The number of benzene rings is 2. The van der Waals surface area contributed by atoms with Crippen LogP contribution in [0.2, 0.25) is 0 Å². The second-order valence-electron chi connectivity index (χ2n) is 10.5. The molecule has 0 saturated heterocycles. The van der Waals surface area contributed by atoms with Crippen molar-refractivity contribution in [1.29, 1.82) is 0 Å². The fourth-order valence-electron chi connectivity index (χ4n) is 5.33. The summed E-state index contributed by atoms with van der Waals surface area (Å²) in [4.78, 5) is 0. The van der Waals surface area contributed by atoms with Gasteiger partial charge in [0.05, 0.1) is 0 Å². The number of rotatable bonds is 10. The number of hydrogen-bond acceptors (Lipinski definition) is 0. The van der Waals surface area contributed by atoms with Crippen LogP contribution in [0.3, 0.4) is 0 Å². The zero-order valence-electron chi connectivity index (χ0n) is 25.4. The van der Waals surface area contributed by atoms with Gasteiger partial charge in [-0.1, -0.05) is 106 Å². The molecule has 5 heteroatoms. The van der Waals surface area contributed by atoms with Crippen LogP contribution < -0.4 is 35.4 Å². The van der Waals surface area contributed by atoms with Gasteiger partial charge in [0.2, 0.25) is 0 Å². The average molecular weight is 681 g/mol. The molecule has 0 aromatic heterocycles. The Kier molecular flexibility index (Phi) is 19.2. The first-order valence-electron chi connectivity index (χ1n) is 14.2. The predicted molar refractivity (Wildman–Crippen MR) is 172 cm³/mol. The second-order valence-corrected chi connectivity index (χ2v) is 15.4. The van der Waals surface area contributed by atoms with Gasteiger partial charge < -0.3 is 24.8 Å². The van der Waals surface area contributed by atoms with Crippen LogP contribution in [0.15, 0.2) is 48.5 Å². The molecular formula is C34H48Cl2P2Zr. The minimum Gasteiger partial charge on any atom is -1.00 e. The van der Waals surface area contributed by atoms with E-state index in [0.29, 0.717) is 0 Å². The van der Waals surface area contributed by atoms with Crippen LogP contribution in [0.1, 0.15) is 75.6 Å². The van der Waals surface area contributed by atoms with E-state index in [1.54, 1.807) is 10.6 Å². The standard InChI is InChI=1S/2C17H24P.2ClH.Zr/c2*1-5-9-18(10-6-2)15-11-16-13(3)7-8-14(4)17(16)12-15;;;/h2*7-8,11-12H,5-6,9-10H2,1-4H3;2*1H;/q2*-1;;;+4/p-2. The van der Waals surface area contributed by atoms with Crippen molar-refractivity contribution in [1.82, 2.24) is 0 Å². The number of hydrogen-bond donors (Lipinski definition) is 0. The Morgan fingerprint density at radius 3 is 1.05 bits per heavy atom. The Morgan fingerprint density at radius 2 is 0.795 bits per heavy atom. The van der Waals surface area contributed by atoms with Gasteiger partial charge in [-0.15, -0.1) is 67.5 Å². The molecule has 0 saturated carbocycles. The fourth-order valence-corrected chi connectivity index (χ4v) is 10.2. The Morgan fingerprint density at radius 1 is 0.513 bits per heavy atom. The SMILES string of the molecule is CCCP(CCC)c1cc2c(C)ccc(C)c2[cH-]1.CCCP(CCC)c1cc2c(C)ccc(C)c2[cH-]1.[Cl-].[Cl-].[Zr+4]. The van der Waals surface area contributed by atoms with Crippen molar-refractivity contribution in [3.63, 3.8) is 0 Å². The van der Waals surface area contributed by atoms with E-state index in [1.165, 1.54) is 94.1 Å². The molecule has 0 aliphatic heterocycles. The van der Waals surface area contributed by atoms with Crippen LogP contribution >= 0.6 is 15.8 Å². The van der Waals surface area contributed by atoms with Crippen molar-refractivity contribution in [3.05, 3.63) is 70.8 Å². The summed E-state index contributed by atoms with van der Waals surface area (Å²) in [5.41, 5.74) is 5.68. The van der Waals surface area contributed by atoms with Crippen molar-refractivity contribution < 1.29 is 51.0 Å². The second kappa shape index (κ2) is 19.2. The van der Waals surface area contributed by atoms with Crippen molar-refractivity contribution in [2.75, 3.05) is 24.6 Å².